The Balaban J connectivity index is 1.04. The summed E-state index contributed by atoms with van der Waals surface area (Å²) in [6, 6.07) is 91.5. The van der Waals surface area contributed by atoms with E-state index in [1.54, 1.807) is 0 Å². The van der Waals surface area contributed by atoms with Gasteiger partial charge in [0.1, 0.15) is 0 Å². The van der Waals surface area contributed by atoms with E-state index in [2.05, 4.69) is 254 Å². The first-order chi connectivity index (χ1) is 31.2. The number of thiophene rings is 1. The first kappa shape index (κ1) is 37.0. The highest BCUT2D eigenvalue weighted by Crippen LogP contribution is 2.57. The largest absolute Gasteiger partial charge is 0.310 e. The molecule has 0 aliphatic heterocycles. The van der Waals surface area contributed by atoms with Crippen molar-refractivity contribution in [2.75, 3.05) is 4.90 Å². The second-order valence-corrected chi connectivity index (χ2v) is 17.5. The van der Waals surface area contributed by atoms with Gasteiger partial charge in [0.2, 0.25) is 0 Å². The van der Waals surface area contributed by atoms with Gasteiger partial charge in [0.25, 0.3) is 0 Å². The highest BCUT2D eigenvalue weighted by molar-refractivity contribution is 7.26. The Labute approximate surface area is 372 Å². The molecule has 0 radical (unpaired) electrons. The minimum atomic E-state index is -0.509. The maximum atomic E-state index is 2.46. The van der Waals surface area contributed by atoms with Gasteiger partial charge in [-0.3, -0.25) is 0 Å². The lowest BCUT2D eigenvalue weighted by atomic mass is 9.67. The average Bonchev–Trinajstić information content (AvgIpc) is 3.89. The summed E-state index contributed by atoms with van der Waals surface area (Å²) >= 11 is 1.88. The van der Waals surface area contributed by atoms with Crippen LogP contribution in [0.2, 0.25) is 0 Å². The third kappa shape index (κ3) is 6.14. The molecule has 0 saturated carbocycles. The van der Waals surface area contributed by atoms with Crippen molar-refractivity contribution < 1.29 is 0 Å². The molecule has 12 rings (SSSR count). The van der Waals surface area contributed by atoms with Crippen LogP contribution >= 0.6 is 11.3 Å². The van der Waals surface area contributed by atoms with Crippen LogP contribution in [0.3, 0.4) is 0 Å². The van der Waals surface area contributed by atoms with Crippen molar-refractivity contribution in [1.29, 1.82) is 0 Å². The lowest BCUT2D eigenvalue weighted by Gasteiger charge is -2.35. The van der Waals surface area contributed by atoms with Crippen LogP contribution in [0.15, 0.2) is 249 Å². The van der Waals surface area contributed by atoms with E-state index in [0.717, 1.165) is 17.1 Å². The van der Waals surface area contributed by atoms with Crippen molar-refractivity contribution >= 4 is 48.6 Å². The SMILES string of the molecule is c1ccc(-c2ccc(-c3ccc(N(c4cccc(-c5cccc6c5sc5ccccc56)c4)c4ccc5c(c4)C(c4ccccc4)(c4ccccc4)c4ccccc4-5)cc3)cc2)cc1. The van der Waals surface area contributed by atoms with Crippen LogP contribution in [-0.4, -0.2) is 0 Å². The third-order valence-electron chi connectivity index (χ3n) is 13.0. The molecule has 0 atom stereocenters. The molecule has 0 N–H and O–H groups in total. The lowest BCUT2D eigenvalue weighted by molar-refractivity contribution is 0.768. The number of benzene rings is 10. The summed E-state index contributed by atoms with van der Waals surface area (Å²) in [6.07, 6.45) is 0. The molecular weight excluding hydrogens is 779 g/mol. The van der Waals surface area contributed by atoms with Crippen LogP contribution in [-0.2, 0) is 5.41 Å². The second-order valence-electron chi connectivity index (χ2n) is 16.4. The highest BCUT2D eigenvalue weighted by atomic mass is 32.1. The van der Waals surface area contributed by atoms with Gasteiger partial charge in [0.15, 0.2) is 0 Å². The maximum Gasteiger partial charge on any atom is 0.0714 e. The standard InChI is InChI=1S/C61H41NS/c1-4-16-42(17-5-1)43-30-32-44(33-31-43)45-34-36-49(37-35-45)62(50-23-14-18-46(40-50)52-26-15-27-56-55-25-11-13-29-59(55)63-60(52)56)51-38-39-54-53-24-10-12-28-57(53)61(58(54)41-51,47-19-6-2-7-20-47)48-21-8-3-9-22-48/h1-41H. The predicted molar refractivity (Wildman–Crippen MR) is 268 cm³/mol. The molecule has 1 aliphatic carbocycles. The van der Waals surface area contributed by atoms with Gasteiger partial charge in [0.05, 0.1) is 5.41 Å². The van der Waals surface area contributed by atoms with Gasteiger partial charge < -0.3 is 4.90 Å². The van der Waals surface area contributed by atoms with Crippen LogP contribution in [0.5, 0.6) is 0 Å². The van der Waals surface area contributed by atoms with Gasteiger partial charge in [-0.1, -0.05) is 206 Å². The third-order valence-corrected chi connectivity index (χ3v) is 14.2. The highest BCUT2D eigenvalue weighted by Gasteiger charge is 2.46. The lowest BCUT2D eigenvalue weighted by Crippen LogP contribution is -2.28. The molecule has 1 heterocycles. The van der Waals surface area contributed by atoms with Crippen LogP contribution in [0.25, 0.3) is 64.7 Å². The monoisotopic (exact) mass is 819 g/mol. The van der Waals surface area contributed by atoms with Crippen LogP contribution in [0.1, 0.15) is 22.3 Å². The molecule has 1 nitrogen and oxygen atoms in total. The van der Waals surface area contributed by atoms with E-state index in [1.807, 2.05) is 11.3 Å². The molecule has 296 valence electrons. The number of anilines is 3. The van der Waals surface area contributed by atoms with Crippen molar-refractivity contribution in [3.05, 3.63) is 271 Å². The summed E-state index contributed by atoms with van der Waals surface area (Å²) in [4.78, 5) is 2.45. The molecule has 0 bridgehead atoms. The second kappa shape index (κ2) is 15.3. The average molecular weight is 820 g/mol. The van der Waals surface area contributed by atoms with Crippen LogP contribution in [0, 0.1) is 0 Å². The van der Waals surface area contributed by atoms with E-state index >= 15 is 0 Å². The Kier molecular flexibility index (Phi) is 8.98. The van der Waals surface area contributed by atoms with Gasteiger partial charge in [0, 0.05) is 37.2 Å². The molecule has 0 saturated heterocycles. The van der Waals surface area contributed by atoms with Gasteiger partial charge >= 0.3 is 0 Å². The number of fused-ring (bicyclic) bond motifs is 6. The summed E-state index contributed by atoms with van der Waals surface area (Å²) in [5.41, 5.74) is 17.7. The Bertz CT molecular complexity index is 3380. The van der Waals surface area contributed by atoms with Crippen LogP contribution < -0.4 is 4.90 Å². The molecule has 1 aromatic heterocycles. The minimum absolute atomic E-state index is 0.509. The van der Waals surface area contributed by atoms with E-state index in [-0.39, 0.29) is 0 Å². The first-order valence-electron chi connectivity index (χ1n) is 21.7. The molecule has 0 spiro atoms. The maximum absolute atomic E-state index is 2.46. The number of hydrogen-bond donors (Lipinski definition) is 0. The van der Waals surface area contributed by atoms with Gasteiger partial charge in [-0.15, -0.1) is 11.3 Å². The van der Waals surface area contributed by atoms with Crippen molar-refractivity contribution in [1.82, 2.24) is 0 Å². The molecule has 0 fully saturated rings. The number of rotatable bonds is 8. The summed E-state index contributed by atoms with van der Waals surface area (Å²) in [7, 11) is 0. The van der Waals surface area contributed by atoms with Gasteiger partial charge in [-0.25, -0.2) is 0 Å². The molecule has 0 unspecified atom stereocenters. The fourth-order valence-corrected chi connectivity index (χ4v) is 11.3. The van der Waals surface area contributed by atoms with Gasteiger partial charge in [-0.2, -0.15) is 0 Å². The number of hydrogen-bond acceptors (Lipinski definition) is 2. The first-order valence-corrected chi connectivity index (χ1v) is 22.5. The zero-order chi connectivity index (χ0) is 41.7. The molecule has 0 amide bonds. The molecule has 2 heteroatoms. The van der Waals surface area contributed by atoms with Crippen molar-refractivity contribution in [3.8, 4) is 44.5 Å². The van der Waals surface area contributed by atoms with E-state index in [9.17, 15) is 0 Å². The predicted octanol–water partition coefficient (Wildman–Crippen LogP) is 16.9. The fraction of sp³-hybridized carbons (Fsp3) is 0.0164. The normalized spacial score (nSPS) is 12.6. The Morgan fingerprint density at radius 3 is 1.51 bits per heavy atom. The molecular formula is C61H41NS. The van der Waals surface area contributed by atoms with Gasteiger partial charge in [-0.05, 0) is 109 Å². The van der Waals surface area contributed by atoms with Crippen molar-refractivity contribution in [3.63, 3.8) is 0 Å². The van der Waals surface area contributed by atoms with E-state index in [1.165, 1.54) is 86.9 Å². The smallest absolute Gasteiger partial charge is 0.0714 e. The van der Waals surface area contributed by atoms with Crippen molar-refractivity contribution in [2.45, 2.75) is 5.41 Å². The quantitative estimate of drug-likeness (QED) is 0.148. The Morgan fingerprint density at radius 1 is 0.302 bits per heavy atom. The summed E-state index contributed by atoms with van der Waals surface area (Å²) in [5.74, 6) is 0. The van der Waals surface area contributed by atoms with Crippen molar-refractivity contribution in [2.24, 2.45) is 0 Å². The fourth-order valence-electron chi connectivity index (χ4n) is 10.1. The van der Waals surface area contributed by atoms with Crippen LogP contribution in [0.4, 0.5) is 17.1 Å². The van der Waals surface area contributed by atoms with E-state index in [4.69, 9.17) is 0 Å². The topological polar surface area (TPSA) is 3.24 Å². The number of nitrogens with zero attached hydrogens (tertiary/aromatic N) is 1. The Hall–Kier alpha value is -7.78. The molecule has 63 heavy (non-hydrogen) atoms. The zero-order valence-electron chi connectivity index (χ0n) is 34.5. The minimum Gasteiger partial charge on any atom is -0.310 e. The molecule has 11 aromatic rings. The molecule has 10 aromatic carbocycles. The summed E-state index contributed by atoms with van der Waals surface area (Å²) < 4.78 is 2.63. The molecule has 1 aliphatic rings. The Morgan fingerprint density at radius 2 is 0.794 bits per heavy atom. The van der Waals surface area contributed by atoms with E-state index in [0.29, 0.717) is 0 Å². The summed E-state index contributed by atoms with van der Waals surface area (Å²) in [6.45, 7) is 0. The zero-order valence-corrected chi connectivity index (χ0v) is 35.3. The van der Waals surface area contributed by atoms with E-state index < -0.39 is 5.41 Å². The summed E-state index contributed by atoms with van der Waals surface area (Å²) in [5, 5.41) is 2.62.